The molecule has 3 aliphatic heterocycles. The minimum absolute atomic E-state index is 0.0176. The number of carbonyl (C=O) groups excluding carboxylic acids is 2. The van der Waals surface area contributed by atoms with Gasteiger partial charge >= 0.3 is 0 Å². The summed E-state index contributed by atoms with van der Waals surface area (Å²) in [6, 6.07) is 8.01. The second-order valence-corrected chi connectivity index (χ2v) is 8.13. The van der Waals surface area contributed by atoms with Crippen LogP contribution in [0.1, 0.15) is 32.1 Å². The minimum Gasteiger partial charge on any atom is -0.372 e. The average Bonchev–Trinajstić information content (AvgIpc) is 2.99. The maximum atomic E-state index is 12.4. The SMILES string of the molecule is O=C(CC1SC2=NCCCN2C1=O)Nc1ccc(N2CCCCC2)cc1. The Morgan fingerprint density at radius 1 is 1.12 bits per heavy atom. The maximum absolute atomic E-state index is 12.4. The number of nitrogens with one attached hydrogen (secondary N) is 1. The van der Waals surface area contributed by atoms with Gasteiger partial charge in [-0.25, -0.2) is 0 Å². The van der Waals surface area contributed by atoms with Gasteiger partial charge in [-0.1, -0.05) is 11.8 Å². The standard InChI is InChI=1S/C19H24N4O2S/c24-17(13-16-18(25)23-12-4-9-20-19(23)26-16)21-14-5-7-15(8-6-14)22-10-2-1-3-11-22/h5-8,16H,1-4,9-13H2,(H,21,24). The van der Waals surface area contributed by atoms with E-state index in [2.05, 4.69) is 27.3 Å². The molecule has 0 aromatic heterocycles. The molecule has 7 heteroatoms. The fourth-order valence-electron chi connectivity index (χ4n) is 3.66. The molecule has 1 atom stereocenters. The second-order valence-electron chi connectivity index (χ2n) is 6.96. The monoisotopic (exact) mass is 372 g/mol. The number of amidine groups is 1. The lowest BCUT2D eigenvalue weighted by atomic mass is 10.1. The van der Waals surface area contributed by atoms with Crippen LogP contribution in [0.2, 0.25) is 0 Å². The lowest BCUT2D eigenvalue weighted by Gasteiger charge is -2.28. The molecule has 3 heterocycles. The van der Waals surface area contributed by atoms with Crippen molar-refractivity contribution in [3.63, 3.8) is 0 Å². The van der Waals surface area contributed by atoms with E-state index in [1.165, 1.54) is 36.7 Å². The molecular weight excluding hydrogens is 348 g/mol. The molecule has 2 fully saturated rings. The number of rotatable bonds is 4. The number of nitrogens with zero attached hydrogens (tertiary/aromatic N) is 3. The third-order valence-electron chi connectivity index (χ3n) is 5.05. The minimum atomic E-state index is -0.348. The van der Waals surface area contributed by atoms with Crippen molar-refractivity contribution in [2.24, 2.45) is 4.99 Å². The summed E-state index contributed by atoms with van der Waals surface area (Å²) in [6.07, 6.45) is 4.89. The molecule has 1 N–H and O–H groups in total. The highest BCUT2D eigenvalue weighted by Gasteiger charge is 2.39. The molecule has 0 radical (unpaired) electrons. The van der Waals surface area contributed by atoms with E-state index in [0.29, 0.717) is 0 Å². The highest BCUT2D eigenvalue weighted by Crippen LogP contribution is 2.31. The van der Waals surface area contributed by atoms with Crippen LogP contribution in [-0.4, -0.2) is 53.3 Å². The Bertz CT molecular complexity index is 713. The van der Waals surface area contributed by atoms with Gasteiger partial charge in [0.1, 0.15) is 5.25 Å². The van der Waals surface area contributed by atoms with Crippen molar-refractivity contribution < 1.29 is 9.59 Å². The maximum Gasteiger partial charge on any atom is 0.242 e. The van der Waals surface area contributed by atoms with Crippen LogP contribution >= 0.6 is 11.8 Å². The molecule has 0 bridgehead atoms. The zero-order chi connectivity index (χ0) is 17.9. The fraction of sp³-hybridized carbons (Fsp3) is 0.526. The smallest absolute Gasteiger partial charge is 0.242 e. The first-order chi connectivity index (χ1) is 12.7. The van der Waals surface area contributed by atoms with E-state index in [1.807, 2.05) is 12.1 Å². The van der Waals surface area contributed by atoms with Crippen molar-refractivity contribution in [3.8, 4) is 0 Å². The molecule has 3 aliphatic rings. The van der Waals surface area contributed by atoms with Gasteiger partial charge in [-0.05, 0) is 49.9 Å². The van der Waals surface area contributed by atoms with Gasteiger partial charge in [-0.2, -0.15) is 0 Å². The Hall–Kier alpha value is -2.02. The topological polar surface area (TPSA) is 65.0 Å². The highest BCUT2D eigenvalue weighted by molar-refractivity contribution is 8.15. The van der Waals surface area contributed by atoms with Crippen molar-refractivity contribution in [1.29, 1.82) is 0 Å². The first-order valence-electron chi connectivity index (χ1n) is 9.38. The van der Waals surface area contributed by atoms with Crippen LogP contribution in [0.4, 0.5) is 11.4 Å². The van der Waals surface area contributed by atoms with Crippen LogP contribution in [0.5, 0.6) is 0 Å². The number of carbonyl (C=O) groups is 2. The highest BCUT2D eigenvalue weighted by atomic mass is 32.2. The zero-order valence-corrected chi connectivity index (χ0v) is 15.6. The van der Waals surface area contributed by atoms with E-state index in [0.717, 1.165) is 43.5 Å². The lowest BCUT2D eigenvalue weighted by Crippen LogP contribution is -2.36. The quantitative estimate of drug-likeness (QED) is 0.883. The van der Waals surface area contributed by atoms with Crippen molar-refractivity contribution in [2.75, 3.05) is 36.4 Å². The normalized spacial score (nSPS) is 22.8. The molecule has 0 spiro atoms. The molecular formula is C19H24N4O2S. The van der Waals surface area contributed by atoms with Crippen LogP contribution in [0.25, 0.3) is 0 Å². The Morgan fingerprint density at radius 3 is 2.62 bits per heavy atom. The van der Waals surface area contributed by atoms with Crippen LogP contribution in [0, 0.1) is 0 Å². The number of thioether (sulfide) groups is 1. The number of aliphatic imine (C=N–C) groups is 1. The molecule has 138 valence electrons. The van der Waals surface area contributed by atoms with Crippen molar-refractivity contribution in [1.82, 2.24) is 4.90 Å². The van der Waals surface area contributed by atoms with Gasteiger partial charge in [0.15, 0.2) is 5.17 Å². The molecule has 2 amide bonds. The van der Waals surface area contributed by atoms with Crippen LogP contribution in [-0.2, 0) is 9.59 Å². The van der Waals surface area contributed by atoms with Gasteiger partial charge < -0.3 is 10.2 Å². The zero-order valence-electron chi connectivity index (χ0n) is 14.8. The molecule has 6 nitrogen and oxygen atoms in total. The number of hydrogen-bond acceptors (Lipinski definition) is 5. The van der Waals surface area contributed by atoms with E-state index in [-0.39, 0.29) is 23.5 Å². The van der Waals surface area contributed by atoms with E-state index in [4.69, 9.17) is 0 Å². The van der Waals surface area contributed by atoms with E-state index >= 15 is 0 Å². The van der Waals surface area contributed by atoms with E-state index in [1.54, 1.807) is 4.90 Å². The number of amides is 2. The lowest BCUT2D eigenvalue weighted by molar-refractivity contribution is -0.128. The first-order valence-corrected chi connectivity index (χ1v) is 10.3. The fourth-order valence-corrected chi connectivity index (χ4v) is 4.85. The molecule has 2 saturated heterocycles. The number of benzene rings is 1. The summed E-state index contributed by atoms with van der Waals surface area (Å²) in [5, 5.41) is 3.35. The Morgan fingerprint density at radius 2 is 1.88 bits per heavy atom. The summed E-state index contributed by atoms with van der Waals surface area (Å²) in [6.45, 7) is 3.70. The van der Waals surface area contributed by atoms with Gasteiger partial charge in [0.25, 0.3) is 0 Å². The van der Waals surface area contributed by atoms with E-state index in [9.17, 15) is 9.59 Å². The summed E-state index contributed by atoms with van der Waals surface area (Å²) in [7, 11) is 0. The molecule has 0 saturated carbocycles. The molecule has 1 unspecified atom stereocenters. The predicted molar refractivity (Wildman–Crippen MR) is 106 cm³/mol. The van der Waals surface area contributed by atoms with Crippen LogP contribution in [0.3, 0.4) is 0 Å². The van der Waals surface area contributed by atoms with Crippen molar-refractivity contribution >= 4 is 40.1 Å². The average molecular weight is 372 g/mol. The molecule has 26 heavy (non-hydrogen) atoms. The van der Waals surface area contributed by atoms with E-state index < -0.39 is 0 Å². The number of anilines is 2. The van der Waals surface area contributed by atoms with Gasteiger partial charge in [-0.15, -0.1) is 0 Å². The summed E-state index contributed by atoms with van der Waals surface area (Å²) >= 11 is 1.42. The van der Waals surface area contributed by atoms with Crippen LogP contribution < -0.4 is 10.2 Å². The van der Waals surface area contributed by atoms with Crippen LogP contribution in [0.15, 0.2) is 29.3 Å². The van der Waals surface area contributed by atoms with Gasteiger partial charge in [-0.3, -0.25) is 19.5 Å². The number of fused-ring (bicyclic) bond motifs is 1. The summed E-state index contributed by atoms with van der Waals surface area (Å²) in [5.74, 6) is -0.105. The third-order valence-corrected chi connectivity index (χ3v) is 6.26. The number of hydrogen-bond donors (Lipinski definition) is 1. The van der Waals surface area contributed by atoms with Gasteiger partial charge in [0, 0.05) is 44.0 Å². The Labute approximate surface area is 158 Å². The van der Waals surface area contributed by atoms with Gasteiger partial charge in [0.05, 0.1) is 0 Å². The van der Waals surface area contributed by atoms with Crippen molar-refractivity contribution in [3.05, 3.63) is 24.3 Å². The summed E-state index contributed by atoms with van der Waals surface area (Å²) in [4.78, 5) is 33.2. The third kappa shape index (κ3) is 3.72. The summed E-state index contributed by atoms with van der Waals surface area (Å²) < 4.78 is 0. The Balaban J connectivity index is 1.33. The largest absolute Gasteiger partial charge is 0.372 e. The first kappa shape index (κ1) is 17.4. The number of piperidine rings is 1. The second kappa shape index (κ2) is 7.70. The molecule has 1 aromatic rings. The predicted octanol–water partition coefficient (Wildman–Crippen LogP) is 2.71. The molecule has 4 rings (SSSR count). The van der Waals surface area contributed by atoms with Crippen molar-refractivity contribution in [2.45, 2.75) is 37.4 Å². The molecule has 0 aliphatic carbocycles. The molecule has 1 aromatic carbocycles. The van der Waals surface area contributed by atoms with Gasteiger partial charge in [0.2, 0.25) is 11.8 Å². The Kier molecular flexibility index (Phi) is 5.15. The summed E-state index contributed by atoms with van der Waals surface area (Å²) in [5.41, 5.74) is 1.99.